The largest absolute Gasteiger partial charge is 0.0654 e. The van der Waals surface area contributed by atoms with E-state index >= 15 is 0 Å². The van der Waals surface area contributed by atoms with E-state index in [4.69, 9.17) is 0 Å². The molecule has 0 spiro atoms. The van der Waals surface area contributed by atoms with E-state index in [1.807, 2.05) is 0 Å². The standard InChI is InChI=1S/C30H52Br2/c1-4-6-8-10-12-14-15-17-19-21-23-27-24-30(32)28(25-29(27)31)26(3)22-20-18-16-13-11-9-7-5-2/h24-26H,4-23H2,1-3H3. The van der Waals surface area contributed by atoms with Crippen LogP contribution in [0.2, 0.25) is 0 Å². The van der Waals surface area contributed by atoms with E-state index in [0.717, 1.165) is 0 Å². The van der Waals surface area contributed by atoms with Crippen molar-refractivity contribution < 1.29 is 0 Å². The van der Waals surface area contributed by atoms with E-state index in [1.165, 1.54) is 148 Å². The van der Waals surface area contributed by atoms with Gasteiger partial charge < -0.3 is 0 Å². The van der Waals surface area contributed by atoms with E-state index in [9.17, 15) is 0 Å². The van der Waals surface area contributed by atoms with Gasteiger partial charge >= 0.3 is 0 Å². The van der Waals surface area contributed by atoms with Crippen molar-refractivity contribution in [1.29, 1.82) is 0 Å². The maximum atomic E-state index is 3.89. The fraction of sp³-hybridized carbons (Fsp3) is 0.800. The Morgan fingerprint density at radius 3 is 1.50 bits per heavy atom. The Morgan fingerprint density at radius 2 is 1.00 bits per heavy atom. The van der Waals surface area contributed by atoms with Gasteiger partial charge in [-0.3, -0.25) is 0 Å². The normalized spacial score (nSPS) is 12.4. The first-order chi connectivity index (χ1) is 15.6. The number of benzene rings is 1. The van der Waals surface area contributed by atoms with E-state index in [1.54, 1.807) is 0 Å². The molecule has 1 rings (SSSR count). The number of hydrogen-bond donors (Lipinski definition) is 0. The van der Waals surface area contributed by atoms with Gasteiger partial charge in [-0.2, -0.15) is 0 Å². The number of aryl methyl sites for hydroxylation is 1. The van der Waals surface area contributed by atoms with Crippen LogP contribution in [0.15, 0.2) is 21.1 Å². The van der Waals surface area contributed by atoms with Crippen LogP contribution in [0, 0.1) is 0 Å². The van der Waals surface area contributed by atoms with E-state index < -0.39 is 0 Å². The van der Waals surface area contributed by atoms with Gasteiger partial charge in [0.1, 0.15) is 0 Å². The SMILES string of the molecule is CCCCCCCCCCCCc1cc(Br)c(C(C)CCCCCCCCCC)cc1Br. The highest BCUT2D eigenvalue weighted by Crippen LogP contribution is 2.34. The molecule has 1 aromatic carbocycles. The maximum absolute atomic E-state index is 3.89. The van der Waals surface area contributed by atoms with Crippen molar-refractivity contribution in [3.8, 4) is 0 Å². The Kier molecular flexibility index (Phi) is 19.4. The maximum Gasteiger partial charge on any atom is 0.0213 e. The minimum Gasteiger partial charge on any atom is -0.0654 e. The van der Waals surface area contributed by atoms with Crippen LogP contribution in [0.25, 0.3) is 0 Å². The lowest BCUT2D eigenvalue weighted by Gasteiger charge is -2.16. The van der Waals surface area contributed by atoms with Gasteiger partial charge in [-0.1, -0.05) is 162 Å². The minimum absolute atomic E-state index is 0.632. The van der Waals surface area contributed by atoms with Crippen LogP contribution in [0.3, 0.4) is 0 Å². The predicted molar refractivity (Wildman–Crippen MR) is 153 cm³/mol. The smallest absolute Gasteiger partial charge is 0.0213 e. The Morgan fingerprint density at radius 1 is 0.562 bits per heavy atom. The monoisotopic (exact) mass is 570 g/mol. The zero-order chi connectivity index (χ0) is 23.4. The molecule has 0 N–H and O–H groups in total. The zero-order valence-electron chi connectivity index (χ0n) is 21.6. The van der Waals surface area contributed by atoms with Crippen molar-refractivity contribution in [1.82, 2.24) is 0 Å². The van der Waals surface area contributed by atoms with Gasteiger partial charge in [-0.05, 0) is 48.4 Å². The molecular formula is C30H52Br2. The van der Waals surface area contributed by atoms with Gasteiger partial charge in [0.25, 0.3) is 0 Å². The lowest BCUT2D eigenvalue weighted by molar-refractivity contribution is 0.543. The van der Waals surface area contributed by atoms with Crippen LogP contribution in [-0.4, -0.2) is 0 Å². The second-order valence-corrected chi connectivity index (χ2v) is 11.8. The molecule has 2 heteroatoms. The molecule has 1 unspecified atom stereocenters. The van der Waals surface area contributed by atoms with Gasteiger partial charge in [0.05, 0.1) is 0 Å². The topological polar surface area (TPSA) is 0 Å². The van der Waals surface area contributed by atoms with Crippen molar-refractivity contribution in [3.63, 3.8) is 0 Å². The van der Waals surface area contributed by atoms with Crippen molar-refractivity contribution in [2.24, 2.45) is 0 Å². The summed E-state index contributed by atoms with van der Waals surface area (Å²) >= 11 is 7.76. The lowest BCUT2D eigenvalue weighted by atomic mass is 9.93. The molecule has 0 heterocycles. The molecule has 0 amide bonds. The summed E-state index contributed by atoms with van der Waals surface area (Å²) in [7, 11) is 0. The number of hydrogen-bond acceptors (Lipinski definition) is 0. The fourth-order valence-corrected chi connectivity index (χ4v) is 6.06. The summed E-state index contributed by atoms with van der Waals surface area (Å²) in [5, 5.41) is 0. The molecule has 32 heavy (non-hydrogen) atoms. The summed E-state index contributed by atoms with van der Waals surface area (Å²) in [6.45, 7) is 6.99. The predicted octanol–water partition coefficient (Wildman–Crippen LogP) is 12.3. The molecule has 1 atom stereocenters. The van der Waals surface area contributed by atoms with Gasteiger partial charge in [0.2, 0.25) is 0 Å². The Bertz CT molecular complexity index is 566. The zero-order valence-corrected chi connectivity index (χ0v) is 24.8. The summed E-state index contributed by atoms with van der Waals surface area (Å²) in [6, 6.07) is 4.78. The van der Waals surface area contributed by atoms with Gasteiger partial charge in [0, 0.05) is 8.95 Å². The molecule has 0 aliphatic carbocycles. The molecule has 0 saturated heterocycles. The Balaban J connectivity index is 2.23. The molecular weight excluding hydrogens is 520 g/mol. The highest BCUT2D eigenvalue weighted by atomic mass is 79.9. The molecule has 0 bridgehead atoms. The summed E-state index contributed by atoms with van der Waals surface area (Å²) in [6.07, 6.45) is 27.8. The van der Waals surface area contributed by atoms with Crippen LogP contribution in [0.5, 0.6) is 0 Å². The third-order valence-electron chi connectivity index (χ3n) is 6.99. The average molecular weight is 573 g/mol. The first-order valence-corrected chi connectivity index (χ1v) is 15.7. The minimum atomic E-state index is 0.632. The van der Waals surface area contributed by atoms with Crippen LogP contribution in [0.1, 0.15) is 160 Å². The van der Waals surface area contributed by atoms with Crippen LogP contribution in [-0.2, 0) is 6.42 Å². The number of halogens is 2. The van der Waals surface area contributed by atoms with Gasteiger partial charge in [-0.25, -0.2) is 0 Å². The van der Waals surface area contributed by atoms with Crippen LogP contribution in [0.4, 0.5) is 0 Å². The summed E-state index contributed by atoms with van der Waals surface area (Å²) in [4.78, 5) is 0. The van der Waals surface area contributed by atoms with Crippen molar-refractivity contribution in [3.05, 3.63) is 32.2 Å². The van der Waals surface area contributed by atoms with Crippen molar-refractivity contribution in [2.75, 3.05) is 0 Å². The second-order valence-electron chi connectivity index (χ2n) is 10.1. The molecule has 0 saturated carbocycles. The summed E-state index contributed by atoms with van der Waals surface area (Å²) in [5.41, 5.74) is 2.95. The highest BCUT2D eigenvalue weighted by Gasteiger charge is 2.13. The van der Waals surface area contributed by atoms with Crippen molar-refractivity contribution in [2.45, 2.75) is 155 Å². The Labute approximate surface area is 218 Å². The molecule has 0 radical (unpaired) electrons. The van der Waals surface area contributed by atoms with Gasteiger partial charge in [0.15, 0.2) is 0 Å². The molecule has 0 aromatic heterocycles. The van der Waals surface area contributed by atoms with E-state index in [0.29, 0.717) is 5.92 Å². The van der Waals surface area contributed by atoms with E-state index in [2.05, 4.69) is 64.8 Å². The summed E-state index contributed by atoms with van der Waals surface area (Å²) < 4.78 is 2.63. The number of unbranched alkanes of at least 4 members (excludes halogenated alkanes) is 16. The molecule has 186 valence electrons. The second kappa shape index (κ2) is 20.5. The first-order valence-electron chi connectivity index (χ1n) is 14.1. The Hall–Kier alpha value is 0.180. The molecule has 0 fully saturated rings. The third kappa shape index (κ3) is 14.4. The molecule has 0 aliphatic heterocycles. The van der Waals surface area contributed by atoms with Crippen LogP contribution >= 0.6 is 31.9 Å². The number of rotatable bonds is 21. The average Bonchev–Trinajstić information content (AvgIpc) is 2.78. The first kappa shape index (κ1) is 30.2. The summed E-state index contributed by atoms with van der Waals surface area (Å²) in [5.74, 6) is 0.632. The van der Waals surface area contributed by atoms with Crippen LogP contribution < -0.4 is 0 Å². The fourth-order valence-electron chi connectivity index (χ4n) is 4.72. The van der Waals surface area contributed by atoms with Crippen molar-refractivity contribution >= 4 is 31.9 Å². The van der Waals surface area contributed by atoms with E-state index in [-0.39, 0.29) is 0 Å². The molecule has 0 aliphatic rings. The lowest BCUT2D eigenvalue weighted by Crippen LogP contribution is -1.98. The highest BCUT2D eigenvalue weighted by molar-refractivity contribution is 9.11. The van der Waals surface area contributed by atoms with Gasteiger partial charge in [-0.15, -0.1) is 0 Å². The molecule has 1 aromatic rings. The molecule has 0 nitrogen and oxygen atoms in total. The third-order valence-corrected chi connectivity index (χ3v) is 8.41. The quantitative estimate of drug-likeness (QED) is 0.129.